The summed E-state index contributed by atoms with van der Waals surface area (Å²) in [4.78, 5) is 11.6. The van der Waals surface area contributed by atoms with Crippen molar-refractivity contribution in [2.24, 2.45) is 0 Å². The van der Waals surface area contributed by atoms with Gasteiger partial charge in [0, 0.05) is 17.8 Å². The van der Waals surface area contributed by atoms with Crippen LogP contribution in [-0.4, -0.2) is 20.9 Å². The van der Waals surface area contributed by atoms with Gasteiger partial charge < -0.3 is 5.32 Å². The zero-order chi connectivity index (χ0) is 17.0. The smallest absolute Gasteiger partial charge is 0.263 e. The van der Waals surface area contributed by atoms with Crippen molar-refractivity contribution in [3.8, 4) is 0 Å². The summed E-state index contributed by atoms with van der Waals surface area (Å²) in [6.07, 6.45) is 0. The predicted molar refractivity (Wildman–Crippen MR) is 86.7 cm³/mol. The maximum atomic E-state index is 12.9. The summed E-state index contributed by atoms with van der Waals surface area (Å²) >= 11 is 5.94. The van der Waals surface area contributed by atoms with Crippen LogP contribution in [0, 0.1) is 5.82 Å². The molecule has 0 aliphatic rings. The second kappa shape index (κ2) is 6.97. The number of nitrogens with one attached hydrogen (secondary N) is 2. The molecule has 2 N–H and O–H groups in total. The Hall–Kier alpha value is -2.12. The molecule has 2 aromatic rings. The molecule has 0 saturated heterocycles. The van der Waals surface area contributed by atoms with E-state index in [4.69, 9.17) is 11.6 Å². The molecule has 0 fully saturated rings. The molecular weight excluding hydrogens is 343 g/mol. The van der Waals surface area contributed by atoms with Crippen LogP contribution in [0.1, 0.15) is 17.3 Å². The topological polar surface area (TPSA) is 75.3 Å². The maximum Gasteiger partial charge on any atom is 0.263 e. The highest BCUT2D eigenvalue weighted by Crippen LogP contribution is 2.25. The summed E-state index contributed by atoms with van der Waals surface area (Å²) < 4.78 is 40.0. The molecule has 5 nitrogen and oxygen atoms in total. The van der Waals surface area contributed by atoms with Crippen LogP contribution in [0.3, 0.4) is 0 Å². The van der Waals surface area contributed by atoms with Crippen LogP contribution < -0.4 is 10.0 Å². The molecule has 2 aromatic carbocycles. The number of anilines is 1. The Morgan fingerprint density at radius 3 is 2.43 bits per heavy atom. The van der Waals surface area contributed by atoms with Gasteiger partial charge in [0.1, 0.15) is 10.7 Å². The molecule has 0 unspecified atom stereocenters. The Morgan fingerprint density at radius 2 is 1.83 bits per heavy atom. The third-order valence-corrected chi connectivity index (χ3v) is 4.78. The third kappa shape index (κ3) is 4.20. The first kappa shape index (κ1) is 17.2. The first-order valence-electron chi connectivity index (χ1n) is 6.69. The highest BCUT2D eigenvalue weighted by atomic mass is 35.5. The zero-order valence-corrected chi connectivity index (χ0v) is 13.7. The van der Waals surface area contributed by atoms with Crippen molar-refractivity contribution in [2.45, 2.75) is 11.8 Å². The summed E-state index contributed by atoms with van der Waals surface area (Å²) in [7, 11) is -4.01. The molecule has 2 rings (SSSR count). The van der Waals surface area contributed by atoms with Crippen LogP contribution in [0.25, 0.3) is 0 Å². The van der Waals surface area contributed by atoms with Gasteiger partial charge in [0.05, 0.1) is 5.02 Å². The largest absolute Gasteiger partial charge is 0.352 e. The van der Waals surface area contributed by atoms with Crippen molar-refractivity contribution in [3.63, 3.8) is 0 Å². The predicted octanol–water partition coefficient (Wildman–Crippen LogP) is 3.03. The number of sulfonamides is 1. The highest BCUT2D eigenvalue weighted by Gasteiger charge is 2.20. The van der Waals surface area contributed by atoms with Crippen molar-refractivity contribution in [1.82, 2.24) is 5.32 Å². The first-order chi connectivity index (χ1) is 10.8. The first-order valence-corrected chi connectivity index (χ1v) is 8.55. The lowest BCUT2D eigenvalue weighted by atomic mass is 10.2. The maximum absolute atomic E-state index is 12.9. The van der Waals surface area contributed by atoms with Crippen molar-refractivity contribution in [3.05, 3.63) is 58.9 Å². The van der Waals surface area contributed by atoms with Crippen LogP contribution in [-0.2, 0) is 10.0 Å². The minimum Gasteiger partial charge on any atom is -0.352 e. The van der Waals surface area contributed by atoms with E-state index in [0.717, 1.165) is 12.1 Å². The minimum absolute atomic E-state index is 0.0207. The van der Waals surface area contributed by atoms with Gasteiger partial charge in [0.25, 0.3) is 15.9 Å². The summed E-state index contributed by atoms with van der Waals surface area (Å²) in [6, 6.07) is 8.80. The van der Waals surface area contributed by atoms with E-state index in [-0.39, 0.29) is 21.2 Å². The normalized spacial score (nSPS) is 11.1. The van der Waals surface area contributed by atoms with Crippen LogP contribution in [0.15, 0.2) is 47.4 Å². The second-order valence-corrected chi connectivity index (χ2v) is 6.68. The number of carbonyl (C=O) groups excluding carboxylic acids is 1. The number of amides is 1. The molecule has 122 valence electrons. The van der Waals surface area contributed by atoms with Gasteiger partial charge in [-0.3, -0.25) is 9.52 Å². The number of hydrogen-bond donors (Lipinski definition) is 2. The number of benzene rings is 2. The molecule has 0 spiro atoms. The highest BCUT2D eigenvalue weighted by molar-refractivity contribution is 7.92. The fraction of sp³-hybridized carbons (Fsp3) is 0.133. The van der Waals surface area contributed by atoms with Gasteiger partial charge in [-0.05, 0) is 49.4 Å². The average molecular weight is 357 g/mol. The van der Waals surface area contributed by atoms with Crippen LogP contribution in [0.5, 0.6) is 0 Å². The van der Waals surface area contributed by atoms with Gasteiger partial charge in [-0.2, -0.15) is 0 Å². The van der Waals surface area contributed by atoms with Crippen molar-refractivity contribution in [1.29, 1.82) is 0 Å². The van der Waals surface area contributed by atoms with Crippen LogP contribution >= 0.6 is 11.6 Å². The Balaban J connectivity index is 2.36. The van der Waals surface area contributed by atoms with Gasteiger partial charge in [-0.25, -0.2) is 12.8 Å². The summed E-state index contributed by atoms with van der Waals surface area (Å²) in [5.74, 6) is -0.883. The third-order valence-electron chi connectivity index (χ3n) is 2.92. The standard InChI is InChI=1S/C15H14ClFN2O3S/c1-2-18-15(20)10-3-8-13(16)14(9-10)23(21,22)19-12-6-4-11(17)5-7-12/h3-9,19H,2H2,1H3,(H,18,20). The zero-order valence-electron chi connectivity index (χ0n) is 12.1. The molecule has 0 heterocycles. The number of halogens is 2. The fourth-order valence-electron chi connectivity index (χ4n) is 1.84. The molecular formula is C15H14ClFN2O3S. The van der Waals surface area contributed by atoms with Crippen molar-refractivity contribution < 1.29 is 17.6 Å². The summed E-state index contributed by atoms with van der Waals surface area (Å²) in [6.45, 7) is 2.17. The SMILES string of the molecule is CCNC(=O)c1ccc(Cl)c(S(=O)(=O)Nc2ccc(F)cc2)c1. The molecule has 0 aromatic heterocycles. The molecule has 8 heteroatoms. The Morgan fingerprint density at radius 1 is 1.17 bits per heavy atom. The second-order valence-electron chi connectivity index (χ2n) is 4.62. The monoisotopic (exact) mass is 356 g/mol. The van der Waals surface area contributed by atoms with Gasteiger partial charge in [-0.15, -0.1) is 0 Å². The molecule has 0 atom stereocenters. The fourth-order valence-corrected chi connectivity index (χ4v) is 3.43. The summed E-state index contributed by atoms with van der Waals surface area (Å²) in [5.41, 5.74) is 0.363. The number of rotatable bonds is 5. The van der Waals surface area contributed by atoms with Gasteiger partial charge in [0.2, 0.25) is 0 Å². The van der Waals surface area contributed by atoms with E-state index < -0.39 is 21.7 Å². The Bertz CT molecular complexity index is 823. The van der Waals surface area contributed by atoms with Crippen LogP contribution in [0.4, 0.5) is 10.1 Å². The molecule has 0 saturated carbocycles. The summed E-state index contributed by atoms with van der Waals surface area (Å²) in [5, 5.41) is 2.56. The van der Waals surface area contributed by atoms with E-state index in [9.17, 15) is 17.6 Å². The molecule has 0 bridgehead atoms. The van der Waals surface area contributed by atoms with E-state index in [2.05, 4.69) is 10.0 Å². The van der Waals surface area contributed by atoms with E-state index in [1.165, 1.54) is 30.3 Å². The Labute approximate surface area is 138 Å². The van der Waals surface area contributed by atoms with Gasteiger partial charge >= 0.3 is 0 Å². The number of hydrogen-bond acceptors (Lipinski definition) is 3. The molecule has 0 aliphatic carbocycles. The molecule has 0 aliphatic heterocycles. The minimum atomic E-state index is -4.01. The van der Waals surface area contributed by atoms with Crippen molar-refractivity contribution in [2.75, 3.05) is 11.3 Å². The average Bonchev–Trinajstić information content (AvgIpc) is 2.50. The molecule has 23 heavy (non-hydrogen) atoms. The van der Waals surface area contributed by atoms with Crippen LogP contribution in [0.2, 0.25) is 5.02 Å². The van der Waals surface area contributed by atoms with Crippen molar-refractivity contribution >= 4 is 33.2 Å². The Kier molecular flexibility index (Phi) is 5.23. The lowest BCUT2D eigenvalue weighted by molar-refractivity contribution is 0.0955. The lowest BCUT2D eigenvalue weighted by Crippen LogP contribution is -2.23. The molecule has 1 amide bonds. The van der Waals surface area contributed by atoms with E-state index in [1.54, 1.807) is 6.92 Å². The number of carbonyl (C=O) groups is 1. The van der Waals surface area contributed by atoms with E-state index in [0.29, 0.717) is 6.54 Å². The molecule has 0 radical (unpaired) electrons. The quantitative estimate of drug-likeness (QED) is 0.864. The van der Waals surface area contributed by atoms with E-state index in [1.807, 2.05) is 0 Å². The van der Waals surface area contributed by atoms with Gasteiger partial charge in [-0.1, -0.05) is 11.6 Å². The lowest BCUT2D eigenvalue weighted by Gasteiger charge is -2.11. The van der Waals surface area contributed by atoms with Gasteiger partial charge in [0.15, 0.2) is 0 Å². The van der Waals surface area contributed by atoms with E-state index >= 15 is 0 Å².